The topological polar surface area (TPSA) is 20.2 Å². The van der Waals surface area contributed by atoms with Crippen molar-refractivity contribution in [1.82, 2.24) is 0 Å². The van der Waals surface area contributed by atoms with Gasteiger partial charge in [0.05, 0.1) is 5.60 Å². The molecule has 0 aromatic heterocycles. The first kappa shape index (κ1) is 11.3. The smallest absolute Gasteiger partial charge is 0.0694 e. The summed E-state index contributed by atoms with van der Waals surface area (Å²) >= 11 is 12.1. The van der Waals surface area contributed by atoms with Crippen molar-refractivity contribution in [3.63, 3.8) is 0 Å². The van der Waals surface area contributed by atoms with Crippen LogP contribution < -0.4 is 0 Å². The zero-order valence-corrected chi connectivity index (χ0v) is 10.1. The fourth-order valence-corrected chi connectivity index (χ4v) is 2.94. The minimum absolute atomic E-state index is 0.565. The molecule has 3 heteroatoms. The monoisotopic (exact) mass is 244 g/mol. The van der Waals surface area contributed by atoms with E-state index in [0.29, 0.717) is 22.4 Å². The molecule has 0 aliphatic heterocycles. The van der Waals surface area contributed by atoms with E-state index in [-0.39, 0.29) is 0 Å². The van der Waals surface area contributed by atoms with Crippen LogP contribution in [0, 0.1) is 5.92 Å². The van der Waals surface area contributed by atoms with Crippen LogP contribution in [0.4, 0.5) is 0 Å². The predicted octanol–water partition coefficient (Wildman–Crippen LogP) is 3.70. The second-order valence-corrected chi connectivity index (χ2v) is 5.43. The average Bonchev–Trinajstić information content (AvgIpc) is 2.09. The van der Waals surface area contributed by atoms with E-state index in [1.165, 1.54) is 0 Å². The summed E-state index contributed by atoms with van der Waals surface area (Å²) in [4.78, 5) is 0. The first-order valence-corrected chi connectivity index (χ1v) is 5.91. The molecule has 1 aromatic carbocycles. The van der Waals surface area contributed by atoms with Crippen LogP contribution >= 0.6 is 23.2 Å². The Bertz CT molecular complexity index is 350. The molecule has 82 valence electrons. The molecule has 0 spiro atoms. The Morgan fingerprint density at radius 3 is 2.33 bits per heavy atom. The van der Waals surface area contributed by atoms with E-state index >= 15 is 0 Å². The summed E-state index contributed by atoms with van der Waals surface area (Å²) in [7, 11) is 0. The highest BCUT2D eigenvalue weighted by Crippen LogP contribution is 2.41. The summed E-state index contributed by atoms with van der Waals surface area (Å²) in [6, 6.07) is 5.45. The van der Waals surface area contributed by atoms with E-state index in [0.717, 1.165) is 18.4 Å². The molecule has 1 aromatic rings. The van der Waals surface area contributed by atoms with Gasteiger partial charge in [0.1, 0.15) is 0 Å². The molecule has 0 amide bonds. The molecule has 0 heterocycles. The van der Waals surface area contributed by atoms with Crippen LogP contribution in [0.1, 0.15) is 25.3 Å². The predicted molar refractivity (Wildman–Crippen MR) is 63.5 cm³/mol. The largest absolute Gasteiger partial charge is 0.390 e. The van der Waals surface area contributed by atoms with E-state index in [1.54, 1.807) is 0 Å². The number of rotatable bonds is 2. The lowest BCUT2D eigenvalue weighted by atomic mass is 9.69. The second kappa shape index (κ2) is 3.97. The van der Waals surface area contributed by atoms with Gasteiger partial charge in [0.25, 0.3) is 0 Å². The molecule has 0 radical (unpaired) electrons. The highest BCUT2D eigenvalue weighted by Gasteiger charge is 2.40. The minimum Gasteiger partial charge on any atom is -0.390 e. The molecule has 1 fully saturated rings. The first-order valence-electron chi connectivity index (χ1n) is 5.15. The summed E-state index contributed by atoms with van der Waals surface area (Å²) in [5.74, 6) is 0.608. The molecule has 1 nitrogen and oxygen atoms in total. The van der Waals surface area contributed by atoms with Gasteiger partial charge in [-0.05, 0) is 36.5 Å². The van der Waals surface area contributed by atoms with Gasteiger partial charge in [0.15, 0.2) is 0 Å². The van der Waals surface area contributed by atoms with E-state index in [1.807, 2.05) is 18.2 Å². The zero-order valence-electron chi connectivity index (χ0n) is 8.63. The van der Waals surface area contributed by atoms with Crippen LogP contribution in [-0.2, 0) is 6.42 Å². The lowest BCUT2D eigenvalue weighted by Gasteiger charge is -2.42. The molecule has 0 bridgehead atoms. The van der Waals surface area contributed by atoms with Gasteiger partial charge in [-0.2, -0.15) is 0 Å². The summed E-state index contributed by atoms with van der Waals surface area (Å²) in [6.45, 7) is 2.14. The standard InChI is InChI=1S/C12H14Cl2O/c1-8-5-12(15,6-8)7-9-10(13)3-2-4-11(9)14/h2-4,8,15H,5-7H2,1H3. The molecule has 2 rings (SSSR count). The van der Waals surface area contributed by atoms with Crippen molar-refractivity contribution in [1.29, 1.82) is 0 Å². The number of aliphatic hydroxyl groups is 1. The molecule has 1 saturated carbocycles. The molecule has 0 saturated heterocycles. The van der Waals surface area contributed by atoms with Crippen molar-refractivity contribution in [3.8, 4) is 0 Å². The first-order chi connectivity index (χ1) is 7.00. The van der Waals surface area contributed by atoms with Crippen LogP contribution in [0.5, 0.6) is 0 Å². The quantitative estimate of drug-likeness (QED) is 0.842. The Balaban J connectivity index is 2.18. The van der Waals surface area contributed by atoms with Gasteiger partial charge < -0.3 is 5.11 Å². The maximum atomic E-state index is 10.2. The summed E-state index contributed by atoms with van der Waals surface area (Å²) < 4.78 is 0. The van der Waals surface area contributed by atoms with E-state index < -0.39 is 5.60 Å². The average molecular weight is 245 g/mol. The van der Waals surface area contributed by atoms with Crippen LogP contribution in [-0.4, -0.2) is 10.7 Å². The molecule has 15 heavy (non-hydrogen) atoms. The van der Waals surface area contributed by atoms with Crippen molar-refractivity contribution in [2.24, 2.45) is 5.92 Å². The Labute approximate surface area is 100 Å². The second-order valence-electron chi connectivity index (χ2n) is 4.61. The molecule has 1 N–H and O–H groups in total. The maximum absolute atomic E-state index is 10.2. The van der Waals surface area contributed by atoms with Crippen molar-refractivity contribution in [2.45, 2.75) is 31.8 Å². The lowest BCUT2D eigenvalue weighted by molar-refractivity contribution is -0.0665. The van der Waals surface area contributed by atoms with Crippen LogP contribution in [0.2, 0.25) is 10.0 Å². The van der Waals surface area contributed by atoms with Crippen LogP contribution in [0.15, 0.2) is 18.2 Å². The summed E-state index contributed by atoms with van der Waals surface area (Å²) in [5, 5.41) is 11.5. The van der Waals surface area contributed by atoms with Gasteiger partial charge in [-0.3, -0.25) is 0 Å². The highest BCUT2D eigenvalue weighted by atomic mass is 35.5. The normalized spacial score (nSPS) is 30.0. The minimum atomic E-state index is -0.589. The van der Waals surface area contributed by atoms with Gasteiger partial charge >= 0.3 is 0 Å². The SMILES string of the molecule is CC1CC(O)(Cc2c(Cl)cccc2Cl)C1. The third-order valence-electron chi connectivity index (χ3n) is 3.02. The fraction of sp³-hybridized carbons (Fsp3) is 0.500. The molecule has 1 aliphatic rings. The van der Waals surface area contributed by atoms with Crippen molar-refractivity contribution in [2.75, 3.05) is 0 Å². The van der Waals surface area contributed by atoms with Gasteiger partial charge in [-0.1, -0.05) is 36.2 Å². The fourth-order valence-electron chi connectivity index (χ4n) is 2.41. The molecular formula is C12H14Cl2O. The molecular weight excluding hydrogens is 231 g/mol. The van der Waals surface area contributed by atoms with Crippen molar-refractivity contribution >= 4 is 23.2 Å². The van der Waals surface area contributed by atoms with E-state index in [4.69, 9.17) is 23.2 Å². The summed E-state index contributed by atoms with van der Waals surface area (Å²) in [6.07, 6.45) is 2.25. The Hall–Kier alpha value is -0.240. The third kappa shape index (κ3) is 2.30. The number of benzene rings is 1. The van der Waals surface area contributed by atoms with Crippen LogP contribution in [0.25, 0.3) is 0 Å². The Kier molecular flexibility index (Phi) is 2.98. The van der Waals surface area contributed by atoms with Crippen LogP contribution in [0.3, 0.4) is 0 Å². The van der Waals surface area contributed by atoms with E-state index in [2.05, 4.69) is 6.92 Å². The Morgan fingerprint density at radius 2 is 1.87 bits per heavy atom. The van der Waals surface area contributed by atoms with Gasteiger partial charge in [0.2, 0.25) is 0 Å². The number of hydrogen-bond acceptors (Lipinski definition) is 1. The summed E-state index contributed by atoms with van der Waals surface area (Å²) in [5.41, 5.74) is 0.281. The Morgan fingerprint density at radius 1 is 1.33 bits per heavy atom. The number of halogens is 2. The van der Waals surface area contributed by atoms with Crippen molar-refractivity contribution in [3.05, 3.63) is 33.8 Å². The zero-order chi connectivity index (χ0) is 11.1. The highest BCUT2D eigenvalue weighted by molar-refractivity contribution is 6.36. The molecule has 0 unspecified atom stereocenters. The maximum Gasteiger partial charge on any atom is 0.0694 e. The number of hydrogen-bond donors (Lipinski definition) is 1. The third-order valence-corrected chi connectivity index (χ3v) is 3.73. The lowest BCUT2D eigenvalue weighted by Crippen LogP contribution is -2.44. The van der Waals surface area contributed by atoms with Crippen molar-refractivity contribution < 1.29 is 5.11 Å². The molecule has 0 atom stereocenters. The van der Waals surface area contributed by atoms with Gasteiger partial charge in [-0.25, -0.2) is 0 Å². The molecule has 1 aliphatic carbocycles. The van der Waals surface area contributed by atoms with Gasteiger partial charge in [-0.15, -0.1) is 0 Å². The van der Waals surface area contributed by atoms with Gasteiger partial charge in [0, 0.05) is 16.5 Å². The van der Waals surface area contributed by atoms with E-state index in [9.17, 15) is 5.11 Å².